The van der Waals surface area contributed by atoms with E-state index in [1.54, 1.807) is 12.1 Å². The standard InChI is InChI=1S/C23H22F2N2O5S/c1-13-5-4-6-16(14(13)2)20(28)26-9-10-27-21(29)19(33-23(27)30)12-15-7-8-17(32-22(24)25)18(11-15)31-3/h4-8,11-12,22H,9-10H2,1-3H3,(H,26,28)/b19-12-. The van der Waals surface area contributed by atoms with Crippen LogP contribution in [0.3, 0.4) is 0 Å². The number of aryl methyl sites for hydroxylation is 1. The van der Waals surface area contributed by atoms with E-state index in [0.29, 0.717) is 11.1 Å². The summed E-state index contributed by atoms with van der Waals surface area (Å²) in [4.78, 5) is 38.6. The van der Waals surface area contributed by atoms with E-state index < -0.39 is 17.8 Å². The van der Waals surface area contributed by atoms with Gasteiger partial charge in [0.05, 0.1) is 12.0 Å². The number of hydrogen-bond acceptors (Lipinski definition) is 6. The van der Waals surface area contributed by atoms with E-state index in [1.807, 2.05) is 19.9 Å². The molecule has 1 saturated heterocycles. The summed E-state index contributed by atoms with van der Waals surface area (Å²) < 4.78 is 34.4. The lowest BCUT2D eigenvalue weighted by molar-refractivity contribution is -0.122. The Bertz CT molecular complexity index is 1120. The number of ether oxygens (including phenoxy) is 2. The molecule has 0 atom stereocenters. The third kappa shape index (κ3) is 5.70. The van der Waals surface area contributed by atoms with Gasteiger partial charge in [0.15, 0.2) is 11.5 Å². The Hall–Kier alpha value is -3.40. The van der Waals surface area contributed by atoms with Crippen LogP contribution in [0.1, 0.15) is 27.0 Å². The van der Waals surface area contributed by atoms with Crippen molar-refractivity contribution in [3.8, 4) is 11.5 Å². The van der Waals surface area contributed by atoms with Crippen molar-refractivity contribution in [1.82, 2.24) is 10.2 Å². The number of carbonyl (C=O) groups excluding carboxylic acids is 3. The number of rotatable bonds is 8. The van der Waals surface area contributed by atoms with Gasteiger partial charge in [-0.15, -0.1) is 0 Å². The summed E-state index contributed by atoms with van der Waals surface area (Å²) in [5.41, 5.74) is 2.87. The van der Waals surface area contributed by atoms with E-state index in [1.165, 1.54) is 31.4 Å². The highest BCUT2D eigenvalue weighted by molar-refractivity contribution is 8.18. The molecular weight excluding hydrogens is 454 g/mol. The summed E-state index contributed by atoms with van der Waals surface area (Å²) in [7, 11) is 1.30. The van der Waals surface area contributed by atoms with Crippen molar-refractivity contribution >= 4 is 34.9 Å². The molecule has 3 rings (SSSR count). The Balaban J connectivity index is 1.65. The maximum absolute atomic E-state index is 12.7. The zero-order chi connectivity index (χ0) is 24.1. The molecule has 10 heteroatoms. The van der Waals surface area contributed by atoms with Crippen molar-refractivity contribution in [2.45, 2.75) is 20.5 Å². The molecule has 0 bridgehead atoms. The van der Waals surface area contributed by atoms with Gasteiger partial charge >= 0.3 is 6.61 Å². The number of nitrogens with one attached hydrogen (secondary N) is 1. The topological polar surface area (TPSA) is 84.9 Å². The van der Waals surface area contributed by atoms with Gasteiger partial charge in [-0.2, -0.15) is 8.78 Å². The van der Waals surface area contributed by atoms with Crippen molar-refractivity contribution in [2.24, 2.45) is 0 Å². The summed E-state index contributed by atoms with van der Waals surface area (Å²) in [6, 6.07) is 9.61. The van der Waals surface area contributed by atoms with Crippen molar-refractivity contribution in [1.29, 1.82) is 0 Å². The molecule has 1 aliphatic rings. The van der Waals surface area contributed by atoms with Crippen molar-refractivity contribution < 1.29 is 32.6 Å². The largest absolute Gasteiger partial charge is 0.493 e. The number of benzene rings is 2. The highest BCUT2D eigenvalue weighted by Crippen LogP contribution is 2.34. The van der Waals surface area contributed by atoms with E-state index in [2.05, 4.69) is 10.1 Å². The Morgan fingerprint density at radius 2 is 1.94 bits per heavy atom. The molecule has 3 amide bonds. The zero-order valence-corrected chi connectivity index (χ0v) is 19.0. The first-order valence-electron chi connectivity index (χ1n) is 9.94. The van der Waals surface area contributed by atoms with Crippen LogP contribution >= 0.6 is 11.8 Å². The number of nitrogens with zero attached hydrogens (tertiary/aromatic N) is 1. The van der Waals surface area contributed by atoms with Gasteiger partial charge in [0.25, 0.3) is 17.1 Å². The van der Waals surface area contributed by atoms with Crippen LogP contribution in [0.25, 0.3) is 6.08 Å². The van der Waals surface area contributed by atoms with Crippen LogP contribution in [0.5, 0.6) is 11.5 Å². The molecule has 174 valence electrons. The molecule has 2 aromatic rings. The molecule has 0 aliphatic carbocycles. The van der Waals surface area contributed by atoms with Crippen LogP contribution < -0.4 is 14.8 Å². The van der Waals surface area contributed by atoms with Gasteiger partial charge in [-0.05, 0) is 66.6 Å². The fourth-order valence-corrected chi connectivity index (χ4v) is 4.05. The van der Waals surface area contributed by atoms with Crippen LogP contribution in [0.15, 0.2) is 41.3 Å². The van der Waals surface area contributed by atoms with Crippen LogP contribution in [0.4, 0.5) is 13.6 Å². The molecule has 0 aromatic heterocycles. The van der Waals surface area contributed by atoms with Gasteiger partial charge in [0, 0.05) is 18.7 Å². The van der Waals surface area contributed by atoms with Gasteiger partial charge in [-0.3, -0.25) is 19.3 Å². The minimum Gasteiger partial charge on any atom is -0.493 e. The first-order valence-corrected chi connectivity index (χ1v) is 10.8. The second kappa shape index (κ2) is 10.5. The number of thioether (sulfide) groups is 1. The highest BCUT2D eigenvalue weighted by Gasteiger charge is 2.34. The molecule has 1 N–H and O–H groups in total. The Labute approximate surface area is 193 Å². The van der Waals surface area contributed by atoms with Crippen molar-refractivity contribution in [2.75, 3.05) is 20.2 Å². The number of halogens is 2. The molecule has 7 nitrogen and oxygen atoms in total. The maximum Gasteiger partial charge on any atom is 0.387 e. The molecule has 0 radical (unpaired) electrons. The minimum atomic E-state index is -3.00. The number of hydrogen-bond donors (Lipinski definition) is 1. The van der Waals surface area contributed by atoms with Gasteiger partial charge < -0.3 is 14.8 Å². The molecule has 1 heterocycles. The third-order valence-corrected chi connectivity index (χ3v) is 5.95. The second-order valence-corrected chi connectivity index (χ2v) is 8.12. The first kappa shape index (κ1) is 24.2. The zero-order valence-electron chi connectivity index (χ0n) is 18.2. The van der Waals surface area contributed by atoms with Crippen LogP contribution in [-0.4, -0.2) is 48.8 Å². The van der Waals surface area contributed by atoms with Crippen LogP contribution in [0, 0.1) is 13.8 Å². The van der Waals surface area contributed by atoms with Crippen molar-refractivity contribution in [3.05, 3.63) is 63.6 Å². The first-order chi connectivity index (χ1) is 15.7. The summed E-state index contributed by atoms with van der Waals surface area (Å²) in [6.07, 6.45) is 1.47. The van der Waals surface area contributed by atoms with Gasteiger partial charge in [0.1, 0.15) is 0 Å². The summed E-state index contributed by atoms with van der Waals surface area (Å²) in [5, 5.41) is 2.27. The van der Waals surface area contributed by atoms with Crippen molar-refractivity contribution in [3.63, 3.8) is 0 Å². The molecule has 33 heavy (non-hydrogen) atoms. The molecular formula is C23H22F2N2O5S. The quantitative estimate of drug-likeness (QED) is 0.570. The number of imide groups is 1. The molecule has 1 fully saturated rings. The SMILES string of the molecule is COc1cc(/C=C2\SC(=O)N(CCNC(=O)c3cccc(C)c3C)C2=O)ccc1OC(F)F. The predicted octanol–water partition coefficient (Wildman–Crippen LogP) is 4.38. The molecule has 1 aliphatic heterocycles. The van der Waals surface area contributed by atoms with E-state index in [-0.39, 0.29) is 35.4 Å². The molecule has 2 aromatic carbocycles. The van der Waals surface area contributed by atoms with Crippen LogP contribution in [0.2, 0.25) is 0 Å². The Morgan fingerprint density at radius 1 is 1.18 bits per heavy atom. The fourth-order valence-electron chi connectivity index (χ4n) is 3.18. The average molecular weight is 477 g/mol. The fraction of sp³-hybridized carbons (Fsp3) is 0.261. The number of amides is 3. The maximum atomic E-state index is 12.7. The van der Waals surface area contributed by atoms with E-state index in [9.17, 15) is 23.2 Å². The molecule has 0 saturated carbocycles. The lowest BCUT2D eigenvalue weighted by atomic mass is 10.0. The summed E-state index contributed by atoms with van der Waals surface area (Å²) in [5.74, 6) is -0.857. The highest BCUT2D eigenvalue weighted by atomic mass is 32.2. The second-order valence-electron chi connectivity index (χ2n) is 7.13. The third-order valence-electron chi connectivity index (χ3n) is 5.05. The minimum absolute atomic E-state index is 0.0170. The molecule has 0 spiro atoms. The number of carbonyl (C=O) groups is 3. The Kier molecular flexibility index (Phi) is 7.70. The average Bonchev–Trinajstić information content (AvgIpc) is 3.03. The van der Waals surface area contributed by atoms with Gasteiger partial charge in [-0.25, -0.2) is 0 Å². The summed E-state index contributed by atoms with van der Waals surface area (Å²) in [6.45, 7) is 0.880. The van der Waals surface area contributed by atoms with E-state index >= 15 is 0 Å². The van der Waals surface area contributed by atoms with Crippen LogP contribution in [-0.2, 0) is 4.79 Å². The summed E-state index contributed by atoms with van der Waals surface area (Å²) >= 11 is 0.758. The lowest BCUT2D eigenvalue weighted by Crippen LogP contribution is -2.37. The van der Waals surface area contributed by atoms with Gasteiger partial charge in [0.2, 0.25) is 0 Å². The number of methoxy groups -OCH3 is 1. The smallest absolute Gasteiger partial charge is 0.387 e. The normalized spacial score (nSPS) is 14.8. The lowest BCUT2D eigenvalue weighted by Gasteiger charge is -2.14. The monoisotopic (exact) mass is 476 g/mol. The van der Waals surface area contributed by atoms with E-state index in [4.69, 9.17) is 4.74 Å². The number of alkyl halides is 2. The van der Waals surface area contributed by atoms with Gasteiger partial charge in [-0.1, -0.05) is 18.2 Å². The van der Waals surface area contributed by atoms with E-state index in [0.717, 1.165) is 27.8 Å². The Morgan fingerprint density at radius 3 is 2.64 bits per heavy atom. The predicted molar refractivity (Wildman–Crippen MR) is 121 cm³/mol. The molecule has 0 unspecified atom stereocenters.